The van der Waals surface area contributed by atoms with Crippen molar-refractivity contribution in [2.75, 3.05) is 0 Å². The van der Waals surface area contributed by atoms with E-state index >= 15 is 0 Å². The summed E-state index contributed by atoms with van der Waals surface area (Å²) in [4.78, 5) is 0. The molecule has 1 aliphatic rings. The molecule has 0 radical (unpaired) electrons. The molecule has 3 unspecified atom stereocenters. The molecule has 6 atom stereocenters. The number of rotatable bonds is 0. The van der Waals surface area contributed by atoms with Gasteiger partial charge in [-0.1, -0.05) is 0 Å². The van der Waals surface area contributed by atoms with Crippen LogP contribution in [0.2, 0.25) is 0 Å². The molecule has 0 aliphatic heterocycles. The largest absolute Gasteiger partial charge is 0.390 e. The third kappa shape index (κ3) is 1.33. The van der Waals surface area contributed by atoms with Crippen LogP contribution >= 0.6 is 0 Å². The van der Waals surface area contributed by atoms with E-state index in [4.69, 9.17) is 26.8 Å². The highest BCUT2D eigenvalue weighted by Gasteiger charge is 2.45. The number of aliphatic hydroxyl groups is 4. The average Bonchev–Trinajstić information content (AvgIpc) is 2.08. The molecule has 72 valence electrons. The molecule has 8 N–H and O–H groups in total. The van der Waals surface area contributed by atoms with Crippen molar-refractivity contribution in [1.29, 1.82) is 0 Å². The Morgan fingerprint density at radius 2 is 0.917 bits per heavy atom. The van der Waals surface area contributed by atoms with Crippen LogP contribution < -0.4 is 11.5 Å². The second-order valence-electron chi connectivity index (χ2n) is 3.12. The zero-order chi connectivity index (χ0) is 9.46. The van der Waals surface area contributed by atoms with Crippen LogP contribution in [-0.4, -0.2) is 56.9 Å². The van der Waals surface area contributed by atoms with Crippen molar-refractivity contribution in [2.24, 2.45) is 11.5 Å². The predicted molar refractivity (Wildman–Crippen MR) is 40.0 cm³/mol. The van der Waals surface area contributed by atoms with Gasteiger partial charge in [0.1, 0.15) is 18.3 Å². The van der Waals surface area contributed by atoms with E-state index < -0.39 is 36.5 Å². The van der Waals surface area contributed by atoms with E-state index in [1.54, 1.807) is 0 Å². The summed E-state index contributed by atoms with van der Waals surface area (Å²) in [5, 5.41) is 36.7. The molecule has 12 heavy (non-hydrogen) atoms. The summed E-state index contributed by atoms with van der Waals surface area (Å²) >= 11 is 0. The molecule has 6 heteroatoms. The normalized spacial score (nSPS) is 55.5. The van der Waals surface area contributed by atoms with Crippen LogP contribution in [0.1, 0.15) is 0 Å². The Balaban J connectivity index is 2.76. The fourth-order valence-corrected chi connectivity index (χ4v) is 1.32. The Kier molecular flexibility index (Phi) is 2.67. The molecule has 1 aliphatic carbocycles. The molecule has 0 heterocycles. The Bertz CT molecular complexity index is 109. The van der Waals surface area contributed by atoms with Gasteiger partial charge in [-0.3, -0.25) is 0 Å². The zero-order valence-electron chi connectivity index (χ0n) is 6.41. The highest BCUT2D eigenvalue weighted by molar-refractivity contribution is 5.02. The molecule has 0 aromatic heterocycles. The van der Waals surface area contributed by atoms with E-state index in [2.05, 4.69) is 0 Å². The van der Waals surface area contributed by atoms with Crippen LogP contribution in [0.3, 0.4) is 0 Å². The minimum Gasteiger partial charge on any atom is -0.390 e. The second-order valence-corrected chi connectivity index (χ2v) is 3.12. The molecule has 1 rings (SSSR count). The van der Waals surface area contributed by atoms with Gasteiger partial charge >= 0.3 is 0 Å². The zero-order valence-corrected chi connectivity index (χ0v) is 6.41. The van der Waals surface area contributed by atoms with Crippen LogP contribution in [-0.2, 0) is 0 Å². The van der Waals surface area contributed by atoms with Crippen LogP contribution in [0, 0.1) is 0 Å². The summed E-state index contributed by atoms with van der Waals surface area (Å²) in [6.45, 7) is 0. The maximum Gasteiger partial charge on any atom is 0.109 e. The van der Waals surface area contributed by atoms with Gasteiger partial charge in [0.15, 0.2) is 0 Å². The van der Waals surface area contributed by atoms with E-state index in [-0.39, 0.29) is 0 Å². The van der Waals surface area contributed by atoms with Crippen LogP contribution in [0.15, 0.2) is 0 Å². The fraction of sp³-hybridized carbons (Fsp3) is 1.00. The third-order valence-electron chi connectivity index (χ3n) is 2.28. The van der Waals surface area contributed by atoms with Gasteiger partial charge in [0.25, 0.3) is 0 Å². The maximum atomic E-state index is 9.22. The first-order valence-corrected chi connectivity index (χ1v) is 3.70. The van der Waals surface area contributed by atoms with Crippen molar-refractivity contribution in [3.8, 4) is 0 Å². The van der Waals surface area contributed by atoms with Crippen molar-refractivity contribution in [1.82, 2.24) is 0 Å². The van der Waals surface area contributed by atoms with Crippen LogP contribution in [0.5, 0.6) is 0 Å². The first kappa shape index (κ1) is 9.85. The van der Waals surface area contributed by atoms with Crippen molar-refractivity contribution in [3.05, 3.63) is 0 Å². The van der Waals surface area contributed by atoms with Gasteiger partial charge in [0.2, 0.25) is 0 Å². The Labute approximate surface area is 69.4 Å². The summed E-state index contributed by atoms with van der Waals surface area (Å²) in [5.41, 5.74) is 10.6. The predicted octanol–water partition coefficient (Wildman–Crippen LogP) is -3.90. The number of nitrogens with two attached hydrogens (primary N) is 2. The summed E-state index contributed by atoms with van der Waals surface area (Å²) < 4.78 is 0. The number of aliphatic hydroxyl groups excluding tert-OH is 4. The van der Waals surface area contributed by atoms with Crippen molar-refractivity contribution >= 4 is 0 Å². The van der Waals surface area contributed by atoms with Gasteiger partial charge in [-0.2, -0.15) is 0 Å². The van der Waals surface area contributed by atoms with Gasteiger partial charge in [-0.25, -0.2) is 0 Å². The van der Waals surface area contributed by atoms with Gasteiger partial charge in [-0.05, 0) is 0 Å². The summed E-state index contributed by atoms with van der Waals surface area (Å²) in [5.74, 6) is 0. The smallest absolute Gasteiger partial charge is 0.109 e. The number of hydrogen-bond acceptors (Lipinski definition) is 6. The lowest BCUT2D eigenvalue weighted by Crippen LogP contribution is -2.69. The third-order valence-corrected chi connectivity index (χ3v) is 2.28. The lowest BCUT2D eigenvalue weighted by Gasteiger charge is -2.40. The highest BCUT2D eigenvalue weighted by atomic mass is 16.4. The molecule has 1 fully saturated rings. The van der Waals surface area contributed by atoms with Crippen LogP contribution in [0.4, 0.5) is 0 Å². The van der Waals surface area contributed by atoms with E-state index in [1.807, 2.05) is 0 Å². The highest BCUT2D eigenvalue weighted by Crippen LogP contribution is 2.18. The minimum absolute atomic E-state index is 1.02. The van der Waals surface area contributed by atoms with E-state index in [0.29, 0.717) is 0 Å². The van der Waals surface area contributed by atoms with Crippen molar-refractivity contribution in [2.45, 2.75) is 36.5 Å². The monoisotopic (exact) mass is 178 g/mol. The van der Waals surface area contributed by atoms with E-state index in [0.717, 1.165) is 0 Å². The standard InChI is InChI=1S/C6H14N2O4/c7-1-3(9)2(8)5(11)6(12)4(1)10/h1-6,9-12H,7-8H2/t1-,2?,3?,4+,5-,6?/m0/s1. The first-order chi connectivity index (χ1) is 5.46. The molecular formula is C6H14N2O4. The van der Waals surface area contributed by atoms with Gasteiger partial charge in [-0.15, -0.1) is 0 Å². The van der Waals surface area contributed by atoms with Gasteiger partial charge < -0.3 is 31.9 Å². The topological polar surface area (TPSA) is 133 Å². The average molecular weight is 178 g/mol. The van der Waals surface area contributed by atoms with Crippen LogP contribution in [0.25, 0.3) is 0 Å². The molecular weight excluding hydrogens is 164 g/mol. The van der Waals surface area contributed by atoms with E-state index in [9.17, 15) is 5.11 Å². The molecule has 0 aromatic rings. The molecule has 6 nitrogen and oxygen atoms in total. The Hall–Kier alpha value is -0.240. The molecule has 0 aromatic carbocycles. The quantitative estimate of drug-likeness (QED) is 0.224. The lowest BCUT2D eigenvalue weighted by molar-refractivity contribution is -0.137. The fourth-order valence-electron chi connectivity index (χ4n) is 1.32. The lowest BCUT2D eigenvalue weighted by atomic mass is 9.82. The molecule has 1 saturated carbocycles. The summed E-state index contributed by atoms with van der Waals surface area (Å²) in [7, 11) is 0. The molecule has 0 saturated heterocycles. The SMILES string of the molecule is NC1C(O)[C@H](N)[C@@H](O)C(O)[C@H]1O. The Morgan fingerprint density at radius 3 is 1.25 bits per heavy atom. The molecule has 0 spiro atoms. The number of hydrogen-bond donors (Lipinski definition) is 6. The van der Waals surface area contributed by atoms with Gasteiger partial charge in [0.05, 0.1) is 18.2 Å². The van der Waals surface area contributed by atoms with E-state index in [1.165, 1.54) is 0 Å². The summed E-state index contributed by atoms with van der Waals surface area (Å²) in [6, 6.07) is -2.03. The minimum atomic E-state index is -1.39. The first-order valence-electron chi connectivity index (χ1n) is 3.70. The molecule has 0 amide bonds. The van der Waals surface area contributed by atoms with Crippen molar-refractivity contribution < 1.29 is 20.4 Å². The Morgan fingerprint density at radius 1 is 0.583 bits per heavy atom. The molecule has 0 bridgehead atoms. The summed E-state index contributed by atoms with van der Waals surface area (Å²) in [6.07, 6.45) is -5.26. The van der Waals surface area contributed by atoms with Gasteiger partial charge in [0, 0.05) is 0 Å². The maximum absolute atomic E-state index is 9.22. The van der Waals surface area contributed by atoms with Crippen molar-refractivity contribution in [3.63, 3.8) is 0 Å². The second kappa shape index (κ2) is 3.25.